The molecule has 3 nitrogen and oxygen atoms in total. The van der Waals surface area contributed by atoms with Gasteiger partial charge in [-0.15, -0.1) is 0 Å². The van der Waals surface area contributed by atoms with Gasteiger partial charge in [-0.1, -0.05) is 32.4 Å². The number of nitrogens with zero attached hydrogens (tertiary/aromatic N) is 1. The normalized spacial score (nSPS) is 53.0. The molecule has 0 amide bonds. The summed E-state index contributed by atoms with van der Waals surface area (Å²) in [6.07, 6.45) is 8.13. The fourth-order valence-electron chi connectivity index (χ4n) is 6.47. The Kier molecular flexibility index (Phi) is 3.54. The van der Waals surface area contributed by atoms with Crippen molar-refractivity contribution in [2.75, 3.05) is 6.54 Å². The molecule has 1 N–H and O–H groups in total. The summed E-state index contributed by atoms with van der Waals surface area (Å²) in [4.78, 5) is 2.66. The van der Waals surface area contributed by atoms with E-state index in [9.17, 15) is 5.11 Å². The standard InChI is InChI=1S/C20H33NO2/c1-12-6-7-15(16(22)10-12)19(4,5)21-11-20-9-8-17(23-20)13(2)18(20)14(21)3/h8-9,12-18,22H,6-7,10-11H2,1-5H3/t12-,13+,14-,15-,16-,17-,18+,20-/m1/s1. The van der Waals surface area contributed by atoms with Gasteiger partial charge in [0.1, 0.15) is 5.60 Å². The van der Waals surface area contributed by atoms with Crippen LogP contribution >= 0.6 is 0 Å². The Labute approximate surface area is 141 Å². The third-order valence-corrected chi connectivity index (χ3v) is 7.73. The minimum Gasteiger partial charge on any atom is -0.393 e. The predicted octanol–water partition coefficient (Wildman–Crippen LogP) is 3.23. The highest BCUT2D eigenvalue weighted by Crippen LogP contribution is 2.56. The van der Waals surface area contributed by atoms with Crippen LogP contribution in [-0.4, -0.2) is 45.9 Å². The van der Waals surface area contributed by atoms with E-state index >= 15 is 0 Å². The lowest BCUT2D eigenvalue weighted by Gasteiger charge is -2.49. The molecule has 1 aliphatic carbocycles. The van der Waals surface area contributed by atoms with Gasteiger partial charge in [0, 0.05) is 30.0 Å². The fourth-order valence-corrected chi connectivity index (χ4v) is 6.47. The Morgan fingerprint density at radius 1 is 1.22 bits per heavy atom. The van der Waals surface area contributed by atoms with Gasteiger partial charge in [-0.25, -0.2) is 0 Å². The molecule has 0 aromatic carbocycles. The Morgan fingerprint density at radius 2 is 1.96 bits per heavy atom. The van der Waals surface area contributed by atoms with Crippen molar-refractivity contribution in [3.63, 3.8) is 0 Å². The van der Waals surface area contributed by atoms with Gasteiger partial charge in [0.2, 0.25) is 0 Å². The number of fused-ring (bicyclic) bond motifs is 1. The molecule has 3 heteroatoms. The second-order valence-corrected chi connectivity index (χ2v) is 9.40. The van der Waals surface area contributed by atoms with Crippen molar-refractivity contribution in [3.8, 4) is 0 Å². The summed E-state index contributed by atoms with van der Waals surface area (Å²) in [5, 5.41) is 10.7. The number of rotatable bonds is 2. The van der Waals surface area contributed by atoms with Crippen molar-refractivity contribution in [1.82, 2.24) is 4.90 Å². The number of aliphatic hydroxyl groups is 1. The lowest BCUT2D eigenvalue weighted by atomic mass is 9.70. The Balaban J connectivity index is 1.60. The average molecular weight is 319 g/mol. The van der Waals surface area contributed by atoms with Crippen LogP contribution in [0.5, 0.6) is 0 Å². The maximum Gasteiger partial charge on any atom is 0.104 e. The van der Waals surface area contributed by atoms with Gasteiger partial charge >= 0.3 is 0 Å². The molecular formula is C20H33NO2. The summed E-state index contributed by atoms with van der Waals surface area (Å²) in [6.45, 7) is 12.7. The zero-order chi connectivity index (χ0) is 16.6. The molecule has 130 valence electrons. The van der Waals surface area contributed by atoms with Crippen LogP contribution in [0.3, 0.4) is 0 Å². The first-order valence-electron chi connectivity index (χ1n) is 9.58. The van der Waals surface area contributed by atoms with E-state index in [4.69, 9.17) is 4.74 Å². The first-order valence-corrected chi connectivity index (χ1v) is 9.58. The molecule has 8 atom stereocenters. The number of likely N-dealkylation sites (tertiary alicyclic amines) is 1. The zero-order valence-electron chi connectivity index (χ0n) is 15.3. The maximum absolute atomic E-state index is 10.7. The highest BCUT2D eigenvalue weighted by molar-refractivity contribution is 5.28. The van der Waals surface area contributed by atoms with Gasteiger partial charge in [0.05, 0.1) is 12.2 Å². The van der Waals surface area contributed by atoms with E-state index in [1.54, 1.807) is 0 Å². The summed E-state index contributed by atoms with van der Waals surface area (Å²) in [6, 6.07) is 0.515. The largest absolute Gasteiger partial charge is 0.393 e. The van der Waals surface area contributed by atoms with Crippen LogP contribution in [0.4, 0.5) is 0 Å². The van der Waals surface area contributed by atoms with Gasteiger partial charge in [0.25, 0.3) is 0 Å². The highest BCUT2D eigenvalue weighted by Gasteiger charge is 2.64. The fraction of sp³-hybridized carbons (Fsp3) is 0.900. The SMILES string of the molecule is C[C@@H]1CC[C@@H](C(C)(C)N2C[C@@]34C=C[C@@H](O3)[C@H](C)[C@H]4[C@H]2C)[C@H](O)C1. The topological polar surface area (TPSA) is 32.7 Å². The minimum absolute atomic E-state index is 0.0209. The van der Waals surface area contributed by atoms with Gasteiger partial charge in [0.15, 0.2) is 0 Å². The van der Waals surface area contributed by atoms with Crippen molar-refractivity contribution in [2.45, 2.75) is 83.3 Å². The van der Waals surface area contributed by atoms with E-state index in [0.29, 0.717) is 35.8 Å². The average Bonchev–Trinajstić information content (AvgIpc) is 3.09. The summed E-state index contributed by atoms with van der Waals surface area (Å²) in [5.41, 5.74) is -0.0409. The Hall–Kier alpha value is -0.380. The smallest absolute Gasteiger partial charge is 0.104 e. The molecule has 23 heavy (non-hydrogen) atoms. The molecular weight excluding hydrogens is 286 g/mol. The number of hydrogen-bond donors (Lipinski definition) is 1. The molecule has 3 heterocycles. The van der Waals surface area contributed by atoms with Crippen LogP contribution in [0, 0.1) is 23.7 Å². The van der Waals surface area contributed by atoms with E-state index in [1.807, 2.05) is 0 Å². The molecule has 2 saturated heterocycles. The van der Waals surface area contributed by atoms with Crippen LogP contribution in [0.25, 0.3) is 0 Å². The summed E-state index contributed by atoms with van der Waals surface area (Å²) in [5.74, 6) is 2.23. The predicted molar refractivity (Wildman–Crippen MR) is 92.2 cm³/mol. The van der Waals surface area contributed by atoms with Crippen molar-refractivity contribution >= 4 is 0 Å². The van der Waals surface area contributed by atoms with Crippen LogP contribution in [-0.2, 0) is 4.74 Å². The van der Waals surface area contributed by atoms with Crippen LogP contribution in [0.2, 0.25) is 0 Å². The maximum atomic E-state index is 10.7. The molecule has 2 bridgehead atoms. The molecule has 1 spiro atoms. The van der Waals surface area contributed by atoms with Gasteiger partial charge in [-0.05, 0) is 45.4 Å². The molecule has 3 aliphatic heterocycles. The third-order valence-electron chi connectivity index (χ3n) is 7.73. The third kappa shape index (κ3) is 2.12. The molecule has 3 fully saturated rings. The first kappa shape index (κ1) is 16.1. The van der Waals surface area contributed by atoms with Crippen LogP contribution in [0.15, 0.2) is 12.2 Å². The summed E-state index contributed by atoms with van der Waals surface area (Å²) in [7, 11) is 0. The zero-order valence-corrected chi connectivity index (χ0v) is 15.3. The molecule has 4 rings (SSSR count). The summed E-state index contributed by atoms with van der Waals surface area (Å²) < 4.78 is 6.41. The second kappa shape index (κ2) is 5.06. The van der Waals surface area contributed by atoms with Crippen molar-refractivity contribution in [1.29, 1.82) is 0 Å². The van der Waals surface area contributed by atoms with E-state index < -0.39 is 0 Å². The van der Waals surface area contributed by atoms with Crippen LogP contribution in [0.1, 0.15) is 53.9 Å². The van der Waals surface area contributed by atoms with Gasteiger partial charge in [-0.3, -0.25) is 4.90 Å². The Bertz CT molecular complexity index is 516. The monoisotopic (exact) mass is 319 g/mol. The molecule has 4 aliphatic rings. The molecule has 0 aromatic rings. The number of hydrogen-bond acceptors (Lipinski definition) is 3. The Morgan fingerprint density at radius 3 is 2.61 bits per heavy atom. The minimum atomic E-state index is -0.163. The van der Waals surface area contributed by atoms with Crippen molar-refractivity contribution < 1.29 is 9.84 Å². The second-order valence-electron chi connectivity index (χ2n) is 9.40. The molecule has 0 radical (unpaired) electrons. The lowest BCUT2D eigenvalue weighted by Crippen LogP contribution is -2.56. The number of aliphatic hydroxyl groups excluding tert-OH is 1. The molecule has 1 saturated carbocycles. The van der Waals surface area contributed by atoms with Gasteiger partial charge in [-0.2, -0.15) is 0 Å². The van der Waals surface area contributed by atoms with E-state index in [0.717, 1.165) is 19.4 Å². The lowest BCUT2D eigenvalue weighted by molar-refractivity contribution is -0.0616. The van der Waals surface area contributed by atoms with E-state index in [-0.39, 0.29) is 17.2 Å². The van der Waals surface area contributed by atoms with E-state index in [1.165, 1.54) is 6.42 Å². The van der Waals surface area contributed by atoms with Crippen molar-refractivity contribution in [2.24, 2.45) is 23.7 Å². The highest BCUT2D eigenvalue weighted by atomic mass is 16.5. The quantitative estimate of drug-likeness (QED) is 0.793. The van der Waals surface area contributed by atoms with Gasteiger partial charge < -0.3 is 9.84 Å². The first-order chi connectivity index (χ1) is 10.8. The molecule has 0 aromatic heterocycles. The van der Waals surface area contributed by atoms with E-state index in [2.05, 4.69) is 51.7 Å². The van der Waals surface area contributed by atoms with Crippen LogP contribution < -0.4 is 0 Å². The molecule has 0 unspecified atom stereocenters. The summed E-state index contributed by atoms with van der Waals surface area (Å²) >= 11 is 0. The van der Waals surface area contributed by atoms with Crippen molar-refractivity contribution in [3.05, 3.63) is 12.2 Å². The number of ether oxygens (including phenoxy) is 1.